The van der Waals surface area contributed by atoms with Gasteiger partial charge in [-0.25, -0.2) is 4.68 Å². The Kier molecular flexibility index (Phi) is 17.8. The molecule has 1 N–H and O–H groups in total. The van der Waals surface area contributed by atoms with Gasteiger partial charge in [0.1, 0.15) is 24.9 Å². The maximum Gasteiger partial charge on any atom is 0.303 e. The maximum atomic E-state index is 13.0. The van der Waals surface area contributed by atoms with Crippen LogP contribution in [0, 0.1) is 0 Å². The summed E-state index contributed by atoms with van der Waals surface area (Å²) in [7, 11) is 0. The molecule has 15 heteroatoms. The van der Waals surface area contributed by atoms with Crippen molar-refractivity contribution in [3.05, 3.63) is 11.9 Å². The van der Waals surface area contributed by atoms with Crippen LogP contribution in [-0.4, -0.2) is 88.6 Å². The summed E-state index contributed by atoms with van der Waals surface area (Å²) < 4.78 is 34.0. The minimum Gasteiger partial charge on any atom is -0.463 e. The van der Waals surface area contributed by atoms with Crippen molar-refractivity contribution in [3.63, 3.8) is 0 Å². The van der Waals surface area contributed by atoms with Crippen molar-refractivity contribution in [3.8, 4) is 0 Å². The first-order valence-corrected chi connectivity index (χ1v) is 16.1. The number of hydrogen-bond donors (Lipinski definition) is 1. The highest BCUT2D eigenvalue weighted by Gasteiger charge is 2.52. The number of aromatic nitrogens is 3. The zero-order valence-corrected chi connectivity index (χ0v) is 27.7. The second-order valence-corrected chi connectivity index (χ2v) is 11.3. The van der Waals surface area contributed by atoms with Crippen molar-refractivity contribution >= 4 is 29.8 Å². The third kappa shape index (κ3) is 15.1. The SMILES string of the molecule is CCCCCCCCCCCCOCc1cn(CC(=O)N[C@@H]2O[C@H](COC(C)=O)[C@@H](OC(C)=O)[C@H](OC(C)=O)[C@H]2OC(C)=O)nn1. The van der Waals surface area contributed by atoms with Crippen molar-refractivity contribution in [1.82, 2.24) is 20.3 Å². The van der Waals surface area contributed by atoms with Gasteiger partial charge in [0.05, 0.1) is 12.8 Å². The lowest BCUT2D eigenvalue weighted by Crippen LogP contribution is -2.66. The molecule has 1 aromatic rings. The number of amides is 1. The van der Waals surface area contributed by atoms with Crippen LogP contribution in [0.4, 0.5) is 0 Å². The standard InChI is InChI=1S/C31H50N4O11/c1-6-7-8-9-10-11-12-13-14-15-16-41-19-25-17-35(34-33-25)18-27(40)32-31-30(45-24(5)39)29(44-23(4)38)28(43-22(3)37)26(46-31)20-42-21(2)36/h17,26,28-31H,6-16,18-20H2,1-5H3,(H,32,40)/t26-,28-,29+,30-,31-/m1/s1. The quantitative estimate of drug-likeness (QED) is 0.116. The van der Waals surface area contributed by atoms with Crippen LogP contribution < -0.4 is 5.32 Å². The van der Waals surface area contributed by atoms with E-state index in [2.05, 4.69) is 22.6 Å². The predicted octanol–water partition coefficient (Wildman–Crippen LogP) is 2.91. The second-order valence-electron chi connectivity index (χ2n) is 11.3. The third-order valence-corrected chi connectivity index (χ3v) is 7.08. The summed E-state index contributed by atoms with van der Waals surface area (Å²) >= 11 is 0. The van der Waals surface area contributed by atoms with Gasteiger partial charge >= 0.3 is 23.9 Å². The number of rotatable bonds is 21. The van der Waals surface area contributed by atoms with Gasteiger partial charge in [0.2, 0.25) is 5.91 Å². The fourth-order valence-corrected chi connectivity index (χ4v) is 5.05. The zero-order chi connectivity index (χ0) is 33.9. The van der Waals surface area contributed by atoms with E-state index in [0.29, 0.717) is 12.3 Å². The summed E-state index contributed by atoms with van der Waals surface area (Å²) in [6, 6.07) is 0. The Morgan fingerprint density at radius 1 is 0.783 bits per heavy atom. The molecular formula is C31H50N4O11. The number of ether oxygens (including phenoxy) is 6. The Labute approximate surface area is 270 Å². The Morgan fingerprint density at radius 2 is 1.35 bits per heavy atom. The molecule has 1 fully saturated rings. The average Bonchev–Trinajstić information content (AvgIpc) is 3.41. The number of nitrogens with zero attached hydrogens (tertiary/aromatic N) is 3. The van der Waals surface area contributed by atoms with Gasteiger partial charge in [-0.2, -0.15) is 0 Å². The molecule has 2 heterocycles. The number of carbonyl (C=O) groups excluding carboxylic acids is 5. The number of unbranched alkanes of at least 4 members (excludes halogenated alkanes) is 9. The lowest BCUT2D eigenvalue weighted by atomic mass is 9.97. The molecule has 5 atom stereocenters. The summed E-state index contributed by atoms with van der Waals surface area (Å²) in [5.41, 5.74) is 0.548. The van der Waals surface area contributed by atoms with Crippen LogP contribution in [0.1, 0.15) is 105 Å². The molecule has 0 spiro atoms. The lowest BCUT2D eigenvalue weighted by molar-refractivity contribution is -0.257. The van der Waals surface area contributed by atoms with Crippen LogP contribution in [0.15, 0.2) is 6.20 Å². The Morgan fingerprint density at radius 3 is 1.93 bits per heavy atom. The highest BCUT2D eigenvalue weighted by atomic mass is 16.7. The van der Waals surface area contributed by atoms with Gasteiger partial charge in [0.25, 0.3) is 0 Å². The summed E-state index contributed by atoms with van der Waals surface area (Å²) in [4.78, 5) is 60.3. The van der Waals surface area contributed by atoms with Crippen LogP contribution in [0.3, 0.4) is 0 Å². The minimum atomic E-state index is -1.41. The molecule has 0 bridgehead atoms. The highest BCUT2D eigenvalue weighted by Crippen LogP contribution is 2.28. The van der Waals surface area contributed by atoms with Crippen molar-refractivity contribution < 1.29 is 52.4 Å². The first-order chi connectivity index (χ1) is 22.0. The van der Waals surface area contributed by atoms with Crippen molar-refractivity contribution in [2.75, 3.05) is 13.2 Å². The second kappa shape index (κ2) is 21.3. The average molecular weight is 655 g/mol. The number of hydrogen-bond acceptors (Lipinski definition) is 13. The molecule has 0 saturated carbocycles. The number of nitrogens with one attached hydrogen (secondary N) is 1. The van der Waals surface area contributed by atoms with Gasteiger partial charge in [0, 0.05) is 34.3 Å². The molecular weight excluding hydrogens is 604 g/mol. The van der Waals surface area contributed by atoms with E-state index in [1.807, 2.05) is 0 Å². The number of carbonyl (C=O) groups is 5. The van der Waals surface area contributed by atoms with E-state index in [1.165, 1.54) is 63.0 Å². The van der Waals surface area contributed by atoms with Gasteiger partial charge in [-0.1, -0.05) is 69.9 Å². The van der Waals surface area contributed by atoms with Crippen molar-refractivity contribution in [2.24, 2.45) is 0 Å². The molecule has 2 rings (SSSR count). The molecule has 0 aliphatic carbocycles. The van der Waals surface area contributed by atoms with E-state index >= 15 is 0 Å². The first kappa shape index (κ1) is 38.6. The first-order valence-electron chi connectivity index (χ1n) is 16.1. The molecule has 15 nitrogen and oxygen atoms in total. The third-order valence-electron chi connectivity index (χ3n) is 7.08. The molecule has 0 aromatic carbocycles. The van der Waals surface area contributed by atoms with E-state index in [1.54, 1.807) is 6.20 Å². The van der Waals surface area contributed by atoms with Crippen molar-refractivity contribution in [2.45, 2.75) is 143 Å². The molecule has 1 saturated heterocycles. The fraction of sp³-hybridized carbons (Fsp3) is 0.774. The normalized spacial score (nSPS) is 20.8. The van der Waals surface area contributed by atoms with Gasteiger partial charge in [-0.15, -0.1) is 5.10 Å². The van der Waals surface area contributed by atoms with Crippen LogP contribution in [0.25, 0.3) is 0 Å². The fourth-order valence-electron chi connectivity index (χ4n) is 5.05. The molecule has 260 valence electrons. The summed E-state index contributed by atoms with van der Waals surface area (Å²) in [6.07, 6.45) is 7.27. The summed E-state index contributed by atoms with van der Waals surface area (Å²) in [5, 5.41) is 10.6. The molecule has 1 aromatic heterocycles. The molecule has 1 aliphatic rings. The van der Waals surface area contributed by atoms with E-state index in [4.69, 9.17) is 28.4 Å². The maximum absolute atomic E-state index is 13.0. The summed E-state index contributed by atoms with van der Waals surface area (Å²) in [6.45, 7) is 6.92. The van der Waals surface area contributed by atoms with Gasteiger partial charge in [0.15, 0.2) is 24.5 Å². The highest BCUT2D eigenvalue weighted by molar-refractivity contribution is 5.76. The Bertz CT molecular complexity index is 1110. The van der Waals surface area contributed by atoms with Gasteiger partial charge in [-0.05, 0) is 6.42 Å². The molecule has 1 amide bonds. The van der Waals surface area contributed by atoms with Crippen molar-refractivity contribution in [1.29, 1.82) is 0 Å². The van der Waals surface area contributed by atoms with Gasteiger partial charge < -0.3 is 33.7 Å². The minimum absolute atomic E-state index is 0.249. The predicted molar refractivity (Wildman–Crippen MR) is 162 cm³/mol. The monoisotopic (exact) mass is 654 g/mol. The van der Waals surface area contributed by atoms with Crippen LogP contribution in [-0.2, 0) is 65.5 Å². The summed E-state index contributed by atoms with van der Waals surface area (Å²) in [5.74, 6) is -3.56. The molecule has 0 radical (unpaired) electrons. The van der Waals surface area contributed by atoms with Crippen LogP contribution in [0.2, 0.25) is 0 Å². The van der Waals surface area contributed by atoms with E-state index in [9.17, 15) is 24.0 Å². The molecule has 1 aliphatic heterocycles. The number of esters is 4. The Balaban J connectivity index is 1.93. The van der Waals surface area contributed by atoms with E-state index in [-0.39, 0.29) is 13.2 Å². The zero-order valence-electron chi connectivity index (χ0n) is 27.7. The van der Waals surface area contributed by atoms with Crippen LogP contribution >= 0.6 is 0 Å². The van der Waals surface area contributed by atoms with Crippen LogP contribution in [0.5, 0.6) is 0 Å². The lowest BCUT2D eigenvalue weighted by Gasteiger charge is -2.44. The molecule has 0 unspecified atom stereocenters. The largest absolute Gasteiger partial charge is 0.463 e. The smallest absolute Gasteiger partial charge is 0.303 e. The van der Waals surface area contributed by atoms with Gasteiger partial charge in [-0.3, -0.25) is 24.0 Å². The van der Waals surface area contributed by atoms with E-state index < -0.39 is 67.0 Å². The Hall–Kier alpha value is -3.59. The van der Waals surface area contributed by atoms with E-state index in [0.717, 1.165) is 33.6 Å². The molecule has 46 heavy (non-hydrogen) atoms. The topological polar surface area (TPSA) is 183 Å².